The van der Waals surface area contributed by atoms with Crippen LogP contribution in [-0.4, -0.2) is 24.5 Å². The molecule has 0 radical (unpaired) electrons. The highest BCUT2D eigenvalue weighted by molar-refractivity contribution is 5.36. The van der Waals surface area contributed by atoms with Crippen molar-refractivity contribution in [1.29, 1.82) is 5.26 Å². The van der Waals surface area contributed by atoms with Gasteiger partial charge in [-0.2, -0.15) is 5.26 Å². The first-order valence-corrected chi connectivity index (χ1v) is 6.17. The summed E-state index contributed by atoms with van der Waals surface area (Å²) < 4.78 is 0. The summed E-state index contributed by atoms with van der Waals surface area (Å²) >= 11 is 0. The Labute approximate surface area is 109 Å². The van der Waals surface area contributed by atoms with Crippen LogP contribution in [0.2, 0.25) is 0 Å². The van der Waals surface area contributed by atoms with Crippen LogP contribution in [0.3, 0.4) is 0 Å². The van der Waals surface area contributed by atoms with Gasteiger partial charge in [0.05, 0.1) is 12.6 Å². The first kappa shape index (κ1) is 14.3. The van der Waals surface area contributed by atoms with E-state index in [1.165, 1.54) is 5.56 Å². The summed E-state index contributed by atoms with van der Waals surface area (Å²) in [5, 5.41) is 8.59. The van der Waals surface area contributed by atoms with E-state index in [4.69, 9.17) is 11.0 Å². The number of nitrogens with zero attached hydrogens (tertiary/aromatic N) is 2. The Bertz CT molecular complexity index is 445. The molecule has 0 aliphatic heterocycles. The molecule has 0 saturated carbocycles. The van der Waals surface area contributed by atoms with Crippen molar-refractivity contribution in [3.63, 3.8) is 0 Å². The summed E-state index contributed by atoms with van der Waals surface area (Å²) in [7, 11) is 0. The van der Waals surface area contributed by atoms with Gasteiger partial charge in [-0.05, 0) is 24.2 Å². The molecule has 94 valence electrons. The molecule has 0 fully saturated rings. The molecule has 0 aliphatic carbocycles. The highest BCUT2D eigenvalue weighted by atomic mass is 15.1. The van der Waals surface area contributed by atoms with E-state index in [0.29, 0.717) is 13.0 Å². The zero-order chi connectivity index (χ0) is 13.2. The molecule has 3 heteroatoms. The van der Waals surface area contributed by atoms with E-state index in [9.17, 15) is 0 Å². The molecule has 18 heavy (non-hydrogen) atoms. The molecule has 0 aliphatic rings. The molecule has 3 nitrogen and oxygen atoms in total. The fraction of sp³-hybridized carbons (Fsp3) is 0.400. The summed E-state index contributed by atoms with van der Waals surface area (Å²) in [6.07, 6.45) is 0.577. The maximum Gasteiger partial charge on any atom is 0.0635 e. The van der Waals surface area contributed by atoms with Crippen molar-refractivity contribution in [2.75, 3.05) is 19.6 Å². The van der Waals surface area contributed by atoms with Crippen LogP contribution in [0.5, 0.6) is 0 Å². The van der Waals surface area contributed by atoms with Crippen LogP contribution in [0.25, 0.3) is 0 Å². The average molecular weight is 241 g/mol. The van der Waals surface area contributed by atoms with E-state index in [1.54, 1.807) is 0 Å². The lowest BCUT2D eigenvalue weighted by molar-refractivity contribution is 0.287. The summed E-state index contributed by atoms with van der Waals surface area (Å²) in [6, 6.07) is 10.4. The van der Waals surface area contributed by atoms with Crippen LogP contribution in [0.15, 0.2) is 24.3 Å². The number of nitriles is 1. The van der Waals surface area contributed by atoms with Gasteiger partial charge in [0, 0.05) is 25.1 Å². The van der Waals surface area contributed by atoms with Crippen LogP contribution in [-0.2, 0) is 6.54 Å². The van der Waals surface area contributed by atoms with E-state index in [-0.39, 0.29) is 0 Å². The zero-order valence-corrected chi connectivity index (χ0v) is 10.8. The van der Waals surface area contributed by atoms with Gasteiger partial charge in [0.2, 0.25) is 0 Å². The predicted octanol–water partition coefficient (Wildman–Crippen LogP) is 1.73. The lowest BCUT2D eigenvalue weighted by Crippen LogP contribution is -2.23. The fourth-order valence-corrected chi connectivity index (χ4v) is 1.66. The molecule has 0 spiro atoms. The highest BCUT2D eigenvalue weighted by Crippen LogP contribution is 2.07. The normalized spacial score (nSPS) is 9.67. The Morgan fingerprint density at radius 2 is 2.00 bits per heavy atom. The summed E-state index contributed by atoms with van der Waals surface area (Å²) in [4.78, 5) is 2.25. The molecule has 0 amide bonds. The van der Waals surface area contributed by atoms with Gasteiger partial charge >= 0.3 is 0 Å². The first-order chi connectivity index (χ1) is 8.80. The first-order valence-electron chi connectivity index (χ1n) is 6.17. The number of nitrogens with two attached hydrogens (primary N) is 1. The largest absolute Gasteiger partial charge is 0.320 e. The number of hydrogen-bond acceptors (Lipinski definition) is 3. The minimum Gasteiger partial charge on any atom is -0.320 e. The van der Waals surface area contributed by atoms with Crippen molar-refractivity contribution < 1.29 is 0 Å². The Balaban J connectivity index is 2.59. The van der Waals surface area contributed by atoms with Crippen molar-refractivity contribution in [2.45, 2.75) is 19.9 Å². The standard InChI is InChI=1S/C15H19N3/c1-2-18(12-4-11-17)13-15-8-6-14(7-9-15)5-3-10-16/h6-9H,2,4,10,12-13,16H2,1H3. The lowest BCUT2D eigenvalue weighted by Gasteiger charge is -2.18. The Morgan fingerprint density at radius 3 is 2.56 bits per heavy atom. The van der Waals surface area contributed by atoms with Gasteiger partial charge in [0.25, 0.3) is 0 Å². The molecule has 0 bridgehead atoms. The van der Waals surface area contributed by atoms with Gasteiger partial charge < -0.3 is 5.73 Å². The minimum atomic E-state index is 0.388. The molecule has 1 aromatic rings. The van der Waals surface area contributed by atoms with Crippen molar-refractivity contribution in [1.82, 2.24) is 4.90 Å². The Kier molecular flexibility index (Phi) is 6.58. The third-order valence-corrected chi connectivity index (χ3v) is 2.68. The smallest absolute Gasteiger partial charge is 0.0635 e. The van der Waals surface area contributed by atoms with Crippen LogP contribution in [0, 0.1) is 23.2 Å². The van der Waals surface area contributed by atoms with Crippen molar-refractivity contribution in [3.8, 4) is 17.9 Å². The van der Waals surface area contributed by atoms with E-state index in [0.717, 1.165) is 25.2 Å². The van der Waals surface area contributed by atoms with Crippen molar-refractivity contribution in [2.24, 2.45) is 5.73 Å². The predicted molar refractivity (Wildman–Crippen MR) is 73.6 cm³/mol. The summed E-state index contributed by atoms with van der Waals surface area (Å²) in [5.74, 6) is 5.84. The summed E-state index contributed by atoms with van der Waals surface area (Å²) in [5.41, 5.74) is 7.56. The number of benzene rings is 1. The molecule has 0 saturated heterocycles. The van der Waals surface area contributed by atoms with Crippen molar-refractivity contribution in [3.05, 3.63) is 35.4 Å². The Morgan fingerprint density at radius 1 is 1.28 bits per heavy atom. The molecular weight excluding hydrogens is 222 g/mol. The Hall–Kier alpha value is -1.81. The van der Waals surface area contributed by atoms with Gasteiger partial charge in [0.1, 0.15) is 0 Å². The molecule has 0 heterocycles. The average Bonchev–Trinajstić information content (AvgIpc) is 2.42. The molecular formula is C15H19N3. The van der Waals surface area contributed by atoms with Gasteiger partial charge in [-0.1, -0.05) is 30.9 Å². The number of hydrogen-bond donors (Lipinski definition) is 1. The van der Waals surface area contributed by atoms with Gasteiger partial charge in [0.15, 0.2) is 0 Å². The molecule has 2 N–H and O–H groups in total. The molecule has 0 aromatic heterocycles. The van der Waals surface area contributed by atoms with Crippen LogP contribution in [0.4, 0.5) is 0 Å². The van der Waals surface area contributed by atoms with Gasteiger partial charge in [-0.25, -0.2) is 0 Å². The fourth-order valence-electron chi connectivity index (χ4n) is 1.66. The van der Waals surface area contributed by atoms with Crippen molar-refractivity contribution >= 4 is 0 Å². The second-order valence-corrected chi connectivity index (χ2v) is 3.98. The van der Waals surface area contributed by atoms with Crippen LogP contribution in [0.1, 0.15) is 24.5 Å². The second-order valence-electron chi connectivity index (χ2n) is 3.98. The number of rotatable bonds is 5. The minimum absolute atomic E-state index is 0.388. The molecule has 1 rings (SSSR count). The quantitative estimate of drug-likeness (QED) is 0.799. The maximum atomic E-state index is 8.59. The molecule has 1 aromatic carbocycles. The lowest BCUT2D eigenvalue weighted by atomic mass is 10.1. The summed E-state index contributed by atoms with van der Waals surface area (Å²) in [6.45, 7) is 5.15. The van der Waals surface area contributed by atoms with Crippen LogP contribution >= 0.6 is 0 Å². The topological polar surface area (TPSA) is 53.0 Å². The highest BCUT2D eigenvalue weighted by Gasteiger charge is 2.02. The van der Waals surface area contributed by atoms with Gasteiger partial charge in [-0.15, -0.1) is 0 Å². The third kappa shape index (κ3) is 5.01. The maximum absolute atomic E-state index is 8.59. The SMILES string of the molecule is CCN(CCC#N)Cc1ccc(C#CCN)cc1. The van der Waals surface area contributed by atoms with E-state index in [1.807, 2.05) is 12.1 Å². The van der Waals surface area contributed by atoms with E-state index < -0.39 is 0 Å². The van der Waals surface area contributed by atoms with Gasteiger partial charge in [-0.3, -0.25) is 4.90 Å². The zero-order valence-electron chi connectivity index (χ0n) is 10.8. The van der Waals surface area contributed by atoms with Crippen LogP contribution < -0.4 is 5.73 Å². The van der Waals surface area contributed by atoms with E-state index >= 15 is 0 Å². The molecule has 0 atom stereocenters. The molecule has 0 unspecified atom stereocenters. The van der Waals surface area contributed by atoms with E-state index in [2.05, 4.69) is 41.9 Å². The monoisotopic (exact) mass is 241 g/mol. The third-order valence-electron chi connectivity index (χ3n) is 2.68. The second kappa shape index (κ2) is 8.31.